The minimum Gasteiger partial charge on any atom is -0.366 e. The summed E-state index contributed by atoms with van der Waals surface area (Å²) in [5.74, 6) is 0. The van der Waals surface area contributed by atoms with Crippen molar-refractivity contribution in [1.29, 1.82) is 0 Å². The number of likely N-dealkylation sites (N-methyl/N-ethyl adjacent to an activating group) is 1. The fraction of sp³-hybridized carbons (Fsp3) is 0.154. The molecule has 2 rings (SSSR count). The Balaban J connectivity index is 2.76. The van der Waals surface area contributed by atoms with Crippen LogP contribution in [0.3, 0.4) is 0 Å². The van der Waals surface area contributed by atoms with Crippen LogP contribution in [0, 0.1) is 10.1 Å². The number of nitrogens with zero attached hydrogens (tertiary/aromatic N) is 2. The Hall–Kier alpha value is -1.95. The maximum absolute atomic E-state index is 11.0. The van der Waals surface area contributed by atoms with E-state index in [0.717, 1.165) is 21.8 Å². The number of non-ortho nitro benzene ring substituents is 1. The topological polar surface area (TPSA) is 63.5 Å². The first-order valence-corrected chi connectivity index (χ1v) is 6.36. The molecule has 0 radical (unpaired) electrons. The lowest BCUT2D eigenvalue weighted by Gasteiger charge is -2.20. The molecule has 0 aromatic heterocycles. The number of carbonyl (C=O) groups is 1. The van der Waals surface area contributed by atoms with Gasteiger partial charge in [-0.05, 0) is 28.1 Å². The zero-order valence-corrected chi connectivity index (χ0v) is 11.8. The number of hydrogen-bond acceptors (Lipinski definition) is 4. The molecule has 0 spiro atoms. The third-order valence-electron chi connectivity index (χ3n) is 2.89. The molecule has 0 saturated heterocycles. The molecule has 5 nitrogen and oxygen atoms in total. The van der Waals surface area contributed by atoms with Gasteiger partial charge in [-0.2, -0.15) is 0 Å². The van der Waals surface area contributed by atoms with E-state index in [-0.39, 0.29) is 12.2 Å². The van der Waals surface area contributed by atoms with Crippen molar-refractivity contribution >= 4 is 44.4 Å². The predicted molar refractivity (Wildman–Crippen MR) is 77.6 cm³/mol. The third-order valence-corrected chi connectivity index (χ3v) is 3.53. The van der Waals surface area contributed by atoms with Crippen LogP contribution in [0.1, 0.15) is 0 Å². The molecule has 0 aliphatic rings. The molecule has 0 unspecified atom stereocenters. The number of rotatable bonds is 4. The fourth-order valence-electron chi connectivity index (χ4n) is 2.05. The van der Waals surface area contributed by atoms with Crippen LogP contribution < -0.4 is 4.90 Å². The highest BCUT2D eigenvalue weighted by molar-refractivity contribution is 9.10. The molecule has 0 fully saturated rings. The highest BCUT2D eigenvalue weighted by Crippen LogP contribution is 2.37. The maximum Gasteiger partial charge on any atom is 0.277 e. The molecule has 19 heavy (non-hydrogen) atoms. The van der Waals surface area contributed by atoms with E-state index in [9.17, 15) is 14.9 Å². The monoisotopic (exact) mass is 322 g/mol. The van der Waals surface area contributed by atoms with Crippen LogP contribution >= 0.6 is 15.9 Å². The molecule has 0 aliphatic carbocycles. The molecule has 0 saturated carbocycles. The molecule has 98 valence electrons. The Kier molecular flexibility index (Phi) is 3.80. The van der Waals surface area contributed by atoms with Crippen LogP contribution in [-0.2, 0) is 4.79 Å². The summed E-state index contributed by atoms with van der Waals surface area (Å²) in [5, 5.41) is 12.3. The summed E-state index contributed by atoms with van der Waals surface area (Å²) in [7, 11) is 1.77. The van der Waals surface area contributed by atoms with Crippen LogP contribution in [0.4, 0.5) is 11.4 Å². The second-order valence-corrected chi connectivity index (χ2v) is 4.93. The van der Waals surface area contributed by atoms with Gasteiger partial charge in [-0.25, -0.2) is 0 Å². The van der Waals surface area contributed by atoms with Gasteiger partial charge in [0, 0.05) is 23.0 Å². The number of nitro benzene ring substituents is 1. The van der Waals surface area contributed by atoms with Crippen molar-refractivity contribution in [1.82, 2.24) is 0 Å². The Labute approximate surface area is 118 Å². The summed E-state index contributed by atoms with van der Waals surface area (Å²) in [5.41, 5.74) is 0.832. The highest BCUT2D eigenvalue weighted by atomic mass is 79.9. The quantitative estimate of drug-likeness (QED) is 0.493. The van der Waals surface area contributed by atoms with E-state index in [1.165, 1.54) is 6.07 Å². The Bertz CT molecular complexity index is 658. The maximum atomic E-state index is 11.0. The first kappa shape index (κ1) is 13.5. The minimum atomic E-state index is -0.403. The summed E-state index contributed by atoms with van der Waals surface area (Å²) < 4.78 is 0.796. The summed E-state index contributed by atoms with van der Waals surface area (Å²) >= 11 is 3.42. The first-order valence-electron chi connectivity index (χ1n) is 5.56. The number of anilines is 1. The lowest BCUT2D eigenvalue weighted by molar-refractivity contribution is -0.383. The zero-order chi connectivity index (χ0) is 14.0. The van der Waals surface area contributed by atoms with E-state index in [0.29, 0.717) is 5.39 Å². The SMILES string of the molecule is CN(CC=O)c1c(Br)ccc2c([N+](=O)[O-])cccc12. The number of carbonyl (C=O) groups excluding carboxylic acids is 1. The van der Waals surface area contributed by atoms with Crippen molar-refractivity contribution in [3.8, 4) is 0 Å². The van der Waals surface area contributed by atoms with Gasteiger partial charge in [0.2, 0.25) is 0 Å². The van der Waals surface area contributed by atoms with Gasteiger partial charge in [0.15, 0.2) is 0 Å². The van der Waals surface area contributed by atoms with Crippen molar-refractivity contribution < 1.29 is 9.72 Å². The van der Waals surface area contributed by atoms with Crippen LogP contribution in [0.15, 0.2) is 34.8 Å². The number of aldehydes is 1. The summed E-state index contributed by atoms with van der Waals surface area (Å²) in [4.78, 5) is 23.0. The van der Waals surface area contributed by atoms with Gasteiger partial charge in [0.1, 0.15) is 6.29 Å². The molecule has 0 bridgehead atoms. The Morgan fingerprint density at radius 2 is 2.05 bits per heavy atom. The lowest BCUT2D eigenvalue weighted by atomic mass is 10.1. The summed E-state index contributed by atoms with van der Waals surface area (Å²) in [6, 6.07) is 8.39. The van der Waals surface area contributed by atoms with Crippen molar-refractivity contribution in [3.05, 3.63) is 44.9 Å². The van der Waals surface area contributed by atoms with Gasteiger partial charge >= 0.3 is 0 Å². The number of fused-ring (bicyclic) bond motifs is 1. The highest BCUT2D eigenvalue weighted by Gasteiger charge is 2.16. The third kappa shape index (κ3) is 2.44. The van der Waals surface area contributed by atoms with Gasteiger partial charge in [-0.3, -0.25) is 10.1 Å². The van der Waals surface area contributed by atoms with Crippen LogP contribution in [-0.4, -0.2) is 24.8 Å². The normalized spacial score (nSPS) is 10.4. The second kappa shape index (κ2) is 5.36. The van der Waals surface area contributed by atoms with Crippen LogP contribution in [0.25, 0.3) is 10.8 Å². The Morgan fingerprint density at radius 3 is 2.68 bits per heavy atom. The van der Waals surface area contributed by atoms with Crippen molar-refractivity contribution in [3.63, 3.8) is 0 Å². The molecule has 0 heterocycles. The van der Waals surface area contributed by atoms with Gasteiger partial charge in [-0.15, -0.1) is 0 Å². The van der Waals surface area contributed by atoms with Gasteiger partial charge in [-0.1, -0.05) is 12.1 Å². The van der Waals surface area contributed by atoms with E-state index >= 15 is 0 Å². The number of halogens is 1. The first-order chi connectivity index (χ1) is 9.06. The summed E-state index contributed by atoms with van der Waals surface area (Å²) in [6.45, 7) is 0.223. The smallest absolute Gasteiger partial charge is 0.277 e. The molecule has 0 atom stereocenters. The predicted octanol–water partition coefficient (Wildman–Crippen LogP) is 3.15. The zero-order valence-electron chi connectivity index (χ0n) is 10.2. The van der Waals surface area contributed by atoms with Crippen molar-refractivity contribution in [2.24, 2.45) is 0 Å². The molecule has 0 amide bonds. The average molecular weight is 323 g/mol. The Morgan fingerprint density at radius 1 is 1.32 bits per heavy atom. The minimum absolute atomic E-state index is 0.0609. The van der Waals surface area contributed by atoms with Gasteiger partial charge < -0.3 is 9.69 Å². The van der Waals surface area contributed by atoms with E-state index in [1.807, 2.05) is 6.07 Å². The molecule has 6 heteroatoms. The molecule has 2 aromatic rings. The summed E-state index contributed by atoms with van der Waals surface area (Å²) in [6.07, 6.45) is 0.794. The average Bonchev–Trinajstić information content (AvgIpc) is 2.37. The fourth-order valence-corrected chi connectivity index (χ4v) is 2.70. The molecular weight excluding hydrogens is 312 g/mol. The standard InChI is InChI=1S/C13H11BrN2O3/c1-15(7-8-17)13-10-3-2-4-12(16(18)19)9(10)5-6-11(13)14/h2-6,8H,7H2,1H3. The largest absolute Gasteiger partial charge is 0.366 e. The van der Waals surface area contributed by atoms with E-state index in [2.05, 4.69) is 15.9 Å². The molecular formula is C13H11BrN2O3. The van der Waals surface area contributed by atoms with Gasteiger partial charge in [0.25, 0.3) is 5.69 Å². The van der Waals surface area contributed by atoms with E-state index < -0.39 is 4.92 Å². The van der Waals surface area contributed by atoms with Crippen molar-refractivity contribution in [2.45, 2.75) is 0 Å². The molecule has 2 aromatic carbocycles. The van der Waals surface area contributed by atoms with Gasteiger partial charge in [0.05, 0.1) is 22.5 Å². The van der Waals surface area contributed by atoms with Crippen LogP contribution in [0.5, 0.6) is 0 Å². The lowest BCUT2D eigenvalue weighted by Crippen LogP contribution is -2.20. The van der Waals surface area contributed by atoms with Crippen molar-refractivity contribution in [2.75, 3.05) is 18.5 Å². The number of nitro groups is 1. The van der Waals surface area contributed by atoms with Crippen LogP contribution in [0.2, 0.25) is 0 Å². The van der Waals surface area contributed by atoms with E-state index in [1.54, 1.807) is 30.1 Å². The number of benzene rings is 2. The molecule has 0 aliphatic heterocycles. The second-order valence-electron chi connectivity index (χ2n) is 4.07. The molecule has 0 N–H and O–H groups in total. The number of hydrogen-bond donors (Lipinski definition) is 0. The van der Waals surface area contributed by atoms with E-state index in [4.69, 9.17) is 0 Å².